The van der Waals surface area contributed by atoms with Gasteiger partial charge in [-0.1, -0.05) is 6.07 Å². The maximum Gasteiger partial charge on any atom is 0.245 e. The molecule has 152 valence electrons. The van der Waals surface area contributed by atoms with Gasteiger partial charge in [0.25, 0.3) is 0 Å². The van der Waals surface area contributed by atoms with Crippen molar-refractivity contribution in [1.29, 1.82) is 0 Å². The van der Waals surface area contributed by atoms with Crippen molar-refractivity contribution in [2.24, 2.45) is 7.05 Å². The van der Waals surface area contributed by atoms with Crippen LogP contribution >= 0.6 is 0 Å². The second-order valence-corrected chi connectivity index (χ2v) is 7.49. The van der Waals surface area contributed by atoms with Crippen LogP contribution in [0.3, 0.4) is 0 Å². The molecule has 4 aromatic rings. The minimum atomic E-state index is 0.112. The molecule has 3 aromatic heterocycles. The van der Waals surface area contributed by atoms with Crippen LogP contribution in [0.2, 0.25) is 0 Å². The fourth-order valence-corrected chi connectivity index (χ4v) is 3.83. The second-order valence-electron chi connectivity index (χ2n) is 7.49. The Balaban J connectivity index is 1.40. The van der Waals surface area contributed by atoms with Gasteiger partial charge < -0.3 is 15.3 Å². The van der Waals surface area contributed by atoms with Crippen molar-refractivity contribution in [2.75, 3.05) is 25.0 Å². The second kappa shape index (κ2) is 7.34. The number of likely N-dealkylation sites (N-methyl/N-ethyl adjacent to an activating group) is 1. The molecule has 1 aliphatic heterocycles. The Bertz CT molecular complexity index is 1200. The molecule has 0 radical (unpaired) electrons. The molecule has 1 unspecified atom stereocenters. The van der Waals surface area contributed by atoms with E-state index in [9.17, 15) is 5.11 Å². The lowest BCUT2D eigenvalue weighted by Crippen LogP contribution is -2.30. The maximum atomic E-state index is 10.6. The van der Waals surface area contributed by atoms with Crippen molar-refractivity contribution < 1.29 is 5.11 Å². The Morgan fingerprint density at radius 1 is 1.07 bits per heavy atom. The zero-order chi connectivity index (χ0) is 20.7. The van der Waals surface area contributed by atoms with Gasteiger partial charge in [-0.15, -0.1) is 10.2 Å². The number of aryl methyl sites for hydroxylation is 1. The molecule has 1 fully saturated rings. The Hall–Kier alpha value is -3.59. The van der Waals surface area contributed by atoms with Crippen molar-refractivity contribution in [3.05, 3.63) is 42.9 Å². The van der Waals surface area contributed by atoms with Gasteiger partial charge in [0.15, 0.2) is 0 Å². The topological polar surface area (TPSA) is 105 Å². The molecule has 9 nitrogen and oxygen atoms in total. The molecular weight excluding hydrogens is 380 g/mol. The fourth-order valence-electron chi connectivity index (χ4n) is 3.83. The van der Waals surface area contributed by atoms with E-state index < -0.39 is 0 Å². The highest BCUT2D eigenvalue weighted by Gasteiger charge is 2.23. The van der Waals surface area contributed by atoms with E-state index in [0.717, 1.165) is 41.7 Å². The Morgan fingerprint density at radius 3 is 2.70 bits per heavy atom. The summed E-state index contributed by atoms with van der Waals surface area (Å²) in [5, 5.41) is 27.7. The SMILES string of the molecule is CNC1CCN(c2ncc(-c3ccc(-c4cc5cnn(C)c5cn4)cc3O)nn2)C1. The van der Waals surface area contributed by atoms with Gasteiger partial charge in [-0.3, -0.25) is 9.67 Å². The minimum absolute atomic E-state index is 0.112. The minimum Gasteiger partial charge on any atom is -0.507 e. The molecular formula is C21H22N8O. The van der Waals surface area contributed by atoms with E-state index >= 15 is 0 Å². The van der Waals surface area contributed by atoms with E-state index in [2.05, 4.69) is 35.5 Å². The normalized spacial score (nSPS) is 16.5. The van der Waals surface area contributed by atoms with Crippen LogP contribution in [0.4, 0.5) is 5.95 Å². The number of benzene rings is 1. The van der Waals surface area contributed by atoms with Crippen LogP contribution in [-0.4, -0.2) is 61.2 Å². The van der Waals surface area contributed by atoms with Crippen molar-refractivity contribution >= 4 is 16.9 Å². The number of hydrogen-bond acceptors (Lipinski definition) is 8. The first-order valence-corrected chi connectivity index (χ1v) is 9.86. The predicted octanol–water partition coefficient (Wildman–Crippen LogP) is 1.99. The number of fused-ring (bicyclic) bond motifs is 1. The summed E-state index contributed by atoms with van der Waals surface area (Å²) in [6, 6.07) is 7.82. The summed E-state index contributed by atoms with van der Waals surface area (Å²) in [4.78, 5) is 11.1. The van der Waals surface area contributed by atoms with Crippen LogP contribution in [0.1, 0.15) is 6.42 Å². The monoisotopic (exact) mass is 402 g/mol. The highest BCUT2D eigenvalue weighted by molar-refractivity contribution is 5.83. The highest BCUT2D eigenvalue weighted by atomic mass is 16.3. The molecule has 1 aromatic carbocycles. The molecule has 0 aliphatic carbocycles. The lowest BCUT2D eigenvalue weighted by Gasteiger charge is -2.15. The number of aromatic nitrogens is 6. The number of rotatable bonds is 4. The summed E-state index contributed by atoms with van der Waals surface area (Å²) in [5.74, 6) is 0.724. The van der Waals surface area contributed by atoms with Crippen molar-refractivity contribution in [3.63, 3.8) is 0 Å². The van der Waals surface area contributed by atoms with E-state index in [1.165, 1.54) is 0 Å². The molecule has 1 saturated heterocycles. The van der Waals surface area contributed by atoms with Gasteiger partial charge in [-0.2, -0.15) is 5.10 Å². The lowest BCUT2D eigenvalue weighted by atomic mass is 10.0. The molecule has 30 heavy (non-hydrogen) atoms. The van der Waals surface area contributed by atoms with Gasteiger partial charge in [-0.05, 0) is 31.7 Å². The first-order valence-electron chi connectivity index (χ1n) is 9.86. The number of hydrogen-bond donors (Lipinski definition) is 2. The van der Waals surface area contributed by atoms with Gasteiger partial charge in [0.05, 0.1) is 29.8 Å². The Kier molecular flexibility index (Phi) is 4.51. The summed E-state index contributed by atoms with van der Waals surface area (Å²) in [5.41, 5.74) is 3.66. The van der Waals surface area contributed by atoms with Gasteiger partial charge in [0, 0.05) is 42.7 Å². The molecule has 0 amide bonds. The molecule has 0 saturated carbocycles. The Morgan fingerprint density at radius 2 is 1.97 bits per heavy atom. The summed E-state index contributed by atoms with van der Waals surface area (Å²) in [6.45, 7) is 1.77. The molecule has 1 aliphatic rings. The lowest BCUT2D eigenvalue weighted by molar-refractivity contribution is 0.477. The van der Waals surface area contributed by atoms with Gasteiger partial charge in [0.1, 0.15) is 11.4 Å². The summed E-state index contributed by atoms with van der Waals surface area (Å²) in [7, 11) is 3.85. The average molecular weight is 402 g/mol. The number of phenols is 1. The number of anilines is 1. The van der Waals surface area contributed by atoms with Crippen LogP contribution in [0.15, 0.2) is 42.9 Å². The van der Waals surface area contributed by atoms with Crippen LogP contribution in [0.5, 0.6) is 5.75 Å². The third-order valence-corrected chi connectivity index (χ3v) is 5.63. The van der Waals surface area contributed by atoms with Crippen LogP contribution in [-0.2, 0) is 7.05 Å². The molecule has 5 rings (SSSR count). The molecule has 4 heterocycles. The quantitative estimate of drug-likeness (QED) is 0.534. The smallest absolute Gasteiger partial charge is 0.245 e. The molecule has 2 N–H and O–H groups in total. The first kappa shape index (κ1) is 18.4. The van der Waals surface area contributed by atoms with E-state index in [1.54, 1.807) is 29.3 Å². The fraction of sp³-hybridized carbons (Fsp3) is 0.286. The van der Waals surface area contributed by atoms with E-state index in [0.29, 0.717) is 23.2 Å². The molecule has 1 atom stereocenters. The standard InChI is InChI=1S/C21H22N8O/c1-22-15-5-6-29(12-15)21-24-10-18(26-27-21)16-4-3-13(8-20(16)30)17-7-14-9-25-28(2)19(14)11-23-17/h3-4,7-11,15,22,30H,5-6,12H2,1-2H3. The third-order valence-electron chi connectivity index (χ3n) is 5.63. The number of phenolic OH excluding ortho intramolecular Hbond substituents is 1. The molecule has 9 heteroatoms. The van der Waals surface area contributed by atoms with Crippen molar-refractivity contribution in [1.82, 2.24) is 35.3 Å². The first-order chi connectivity index (χ1) is 14.6. The van der Waals surface area contributed by atoms with E-state index in [4.69, 9.17) is 0 Å². The number of pyridine rings is 1. The average Bonchev–Trinajstić information content (AvgIpc) is 3.40. The summed E-state index contributed by atoms with van der Waals surface area (Å²) < 4.78 is 1.78. The highest BCUT2D eigenvalue weighted by Crippen LogP contribution is 2.32. The number of aromatic hydroxyl groups is 1. The largest absolute Gasteiger partial charge is 0.507 e. The third kappa shape index (κ3) is 3.22. The van der Waals surface area contributed by atoms with Crippen LogP contribution in [0.25, 0.3) is 33.4 Å². The molecule has 0 spiro atoms. The predicted molar refractivity (Wildman–Crippen MR) is 114 cm³/mol. The Labute approximate surface area is 173 Å². The summed E-state index contributed by atoms with van der Waals surface area (Å²) >= 11 is 0. The van der Waals surface area contributed by atoms with Crippen LogP contribution in [0, 0.1) is 0 Å². The number of nitrogens with one attached hydrogen (secondary N) is 1. The van der Waals surface area contributed by atoms with Gasteiger partial charge in [0.2, 0.25) is 5.95 Å². The van der Waals surface area contributed by atoms with Gasteiger partial charge in [-0.25, -0.2) is 4.98 Å². The van der Waals surface area contributed by atoms with E-state index in [1.807, 2.05) is 32.3 Å². The van der Waals surface area contributed by atoms with Crippen molar-refractivity contribution in [3.8, 4) is 28.3 Å². The van der Waals surface area contributed by atoms with E-state index in [-0.39, 0.29) is 5.75 Å². The number of nitrogens with zero attached hydrogens (tertiary/aromatic N) is 7. The summed E-state index contributed by atoms with van der Waals surface area (Å²) in [6.07, 6.45) is 6.30. The van der Waals surface area contributed by atoms with Crippen LogP contribution < -0.4 is 10.2 Å². The van der Waals surface area contributed by atoms with Crippen molar-refractivity contribution in [2.45, 2.75) is 12.5 Å². The molecule has 0 bridgehead atoms. The maximum absolute atomic E-state index is 10.6. The zero-order valence-electron chi connectivity index (χ0n) is 16.8. The van der Waals surface area contributed by atoms with Gasteiger partial charge >= 0.3 is 0 Å². The zero-order valence-corrected chi connectivity index (χ0v) is 16.8.